The van der Waals surface area contributed by atoms with Crippen LogP contribution in [0.25, 0.3) is 16.2 Å². The number of nitrogens with zero attached hydrogens (tertiary/aromatic N) is 1. The first-order chi connectivity index (χ1) is 13.4. The summed E-state index contributed by atoms with van der Waals surface area (Å²) >= 11 is 8.09. The van der Waals surface area contributed by atoms with E-state index in [1.165, 1.54) is 26.6 Å². The number of benzene rings is 2. The van der Waals surface area contributed by atoms with Crippen molar-refractivity contribution < 1.29 is 8.42 Å². The minimum Gasteiger partial charge on any atom is -0.302 e. The molecule has 1 aliphatic rings. The van der Waals surface area contributed by atoms with E-state index in [0.29, 0.717) is 0 Å². The standard InChI is InChI=1S/C21H21ClN2O2S2/c1-24-11-9-16-18(22)7-8-19-21(16)17(14-24)20(27-19)13-23-28(25,26)12-10-15-5-3-2-4-6-15/h2-8,10,12,23H,9,11,13-14H2,1H3/b12-10+. The topological polar surface area (TPSA) is 49.4 Å². The maximum absolute atomic E-state index is 12.4. The molecule has 1 N–H and O–H groups in total. The number of rotatable bonds is 5. The summed E-state index contributed by atoms with van der Waals surface area (Å²) in [6.07, 6.45) is 2.51. The van der Waals surface area contributed by atoms with Gasteiger partial charge in [-0.05, 0) is 48.4 Å². The zero-order valence-corrected chi connectivity index (χ0v) is 17.9. The third-order valence-corrected chi connectivity index (χ3v) is 7.53. The average Bonchev–Trinajstić information content (AvgIpc) is 2.92. The molecule has 4 nitrogen and oxygen atoms in total. The van der Waals surface area contributed by atoms with Gasteiger partial charge in [0.1, 0.15) is 0 Å². The zero-order valence-electron chi connectivity index (χ0n) is 15.5. The van der Waals surface area contributed by atoms with E-state index in [1.807, 2.05) is 42.5 Å². The molecule has 0 saturated carbocycles. The summed E-state index contributed by atoms with van der Waals surface area (Å²) in [5.41, 5.74) is 3.21. The molecule has 1 aromatic heterocycles. The lowest BCUT2D eigenvalue weighted by Gasteiger charge is -2.14. The van der Waals surface area contributed by atoms with Crippen LogP contribution in [0.1, 0.15) is 21.6 Å². The molecule has 0 bridgehead atoms. The molecule has 3 aromatic rings. The Bertz CT molecular complexity index is 1140. The van der Waals surface area contributed by atoms with E-state index >= 15 is 0 Å². The number of thiophene rings is 1. The lowest BCUT2D eigenvalue weighted by atomic mass is 10.0. The van der Waals surface area contributed by atoms with Crippen LogP contribution in [-0.2, 0) is 29.5 Å². The Morgan fingerprint density at radius 1 is 1.18 bits per heavy atom. The molecule has 2 aromatic carbocycles. The van der Waals surface area contributed by atoms with Gasteiger partial charge in [0.15, 0.2) is 0 Å². The molecule has 0 fully saturated rings. The minimum absolute atomic E-state index is 0.279. The lowest BCUT2D eigenvalue weighted by molar-refractivity contribution is 0.336. The number of halogens is 1. The van der Waals surface area contributed by atoms with Crippen molar-refractivity contribution in [1.82, 2.24) is 9.62 Å². The SMILES string of the molecule is CN1CCc2c(Cl)ccc3sc(CNS(=O)(=O)/C=C/c4ccccc4)c(c23)C1. The predicted octanol–water partition coefficient (Wildman–Crippen LogP) is 4.63. The van der Waals surface area contributed by atoms with E-state index in [-0.39, 0.29) is 6.54 Å². The van der Waals surface area contributed by atoms with Gasteiger partial charge in [-0.1, -0.05) is 41.9 Å². The van der Waals surface area contributed by atoms with Gasteiger partial charge in [0, 0.05) is 45.0 Å². The van der Waals surface area contributed by atoms with E-state index in [4.69, 9.17) is 11.6 Å². The summed E-state index contributed by atoms with van der Waals surface area (Å²) in [6, 6.07) is 13.4. The van der Waals surface area contributed by atoms with Crippen LogP contribution in [0.2, 0.25) is 5.02 Å². The summed E-state index contributed by atoms with van der Waals surface area (Å²) in [7, 11) is -1.44. The first-order valence-corrected chi connectivity index (χ1v) is 11.8. The monoisotopic (exact) mass is 432 g/mol. The molecule has 28 heavy (non-hydrogen) atoms. The number of nitrogens with one attached hydrogen (secondary N) is 1. The van der Waals surface area contributed by atoms with Crippen molar-refractivity contribution in [2.75, 3.05) is 13.6 Å². The Balaban J connectivity index is 1.61. The van der Waals surface area contributed by atoms with Crippen LogP contribution in [0.3, 0.4) is 0 Å². The highest BCUT2D eigenvalue weighted by Crippen LogP contribution is 2.39. The third kappa shape index (κ3) is 4.16. The van der Waals surface area contributed by atoms with Gasteiger partial charge in [-0.2, -0.15) is 0 Å². The second kappa shape index (κ2) is 7.97. The van der Waals surface area contributed by atoms with Crippen molar-refractivity contribution >= 4 is 49.1 Å². The summed E-state index contributed by atoms with van der Waals surface area (Å²) < 4.78 is 28.8. The number of hydrogen-bond acceptors (Lipinski definition) is 4. The fraction of sp³-hybridized carbons (Fsp3) is 0.238. The van der Waals surface area contributed by atoms with Gasteiger partial charge in [-0.25, -0.2) is 13.1 Å². The molecule has 0 atom stereocenters. The van der Waals surface area contributed by atoms with Crippen molar-refractivity contribution in [3.05, 3.63) is 74.5 Å². The van der Waals surface area contributed by atoms with Crippen molar-refractivity contribution in [3.63, 3.8) is 0 Å². The molecule has 146 valence electrons. The molecule has 0 saturated heterocycles. The molecule has 2 heterocycles. The molecule has 0 unspecified atom stereocenters. The molecule has 4 rings (SSSR count). The maximum atomic E-state index is 12.4. The van der Waals surface area contributed by atoms with Crippen molar-refractivity contribution in [2.45, 2.75) is 19.5 Å². The highest BCUT2D eigenvalue weighted by atomic mass is 35.5. The predicted molar refractivity (Wildman–Crippen MR) is 118 cm³/mol. The van der Waals surface area contributed by atoms with E-state index in [0.717, 1.165) is 35.0 Å². The smallest absolute Gasteiger partial charge is 0.234 e. The molecule has 0 spiro atoms. The number of hydrogen-bond donors (Lipinski definition) is 1. The Labute approximate surface area is 174 Å². The fourth-order valence-corrected chi connectivity index (χ4v) is 5.81. The van der Waals surface area contributed by atoms with Gasteiger partial charge in [0.25, 0.3) is 0 Å². The van der Waals surface area contributed by atoms with Crippen LogP contribution in [0.15, 0.2) is 47.9 Å². The summed E-state index contributed by atoms with van der Waals surface area (Å²) in [4.78, 5) is 3.30. The second-order valence-electron chi connectivity index (χ2n) is 6.97. The largest absolute Gasteiger partial charge is 0.302 e. The molecule has 1 aliphatic heterocycles. The summed E-state index contributed by atoms with van der Waals surface area (Å²) in [6.45, 7) is 2.01. The highest BCUT2D eigenvalue weighted by Gasteiger charge is 2.22. The Kier molecular flexibility index (Phi) is 5.58. The highest BCUT2D eigenvalue weighted by molar-refractivity contribution is 7.92. The third-order valence-electron chi connectivity index (χ3n) is 4.93. The van der Waals surface area contributed by atoms with Crippen LogP contribution >= 0.6 is 22.9 Å². The van der Waals surface area contributed by atoms with Gasteiger partial charge in [0.2, 0.25) is 10.0 Å². The van der Waals surface area contributed by atoms with Gasteiger partial charge in [-0.3, -0.25) is 0 Å². The first-order valence-electron chi connectivity index (χ1n) is 9.06. The van der Waals surface area contributed by atoms with Gasteiger partial charge in [0.05, 0.1) is 0 Å². The van der Waals surface area contributed by atoms with Gasteiger partial charge >= 0.3 is 0 Å². The van der Waals surface area contributed by atoms with Crippen molar-refractivity contribution in [2.24, 2.45) is 0 Å². The molecule has 0 aliphatic carbocycles. The Morgan fingerprint density at radius 2 is 1.96 bits per heavy atom. The molecular formula is C21H21ClN2O2S2. The van der Waals surface area contributed by atoms with E-state index in [9.17, 15) is 8.42 Å². The Hall–Kier alpha value is -1.70. The molecule has 7 heteroatoms. The van der Waals surface area contributed by atoms with E-state index < -0.39 is 10.0 Å². The first kappa shape index (κ1) is 19.6. The van der Waals surface area contributed by atoms with Crippen LogP contribution < -0.4 is 4.72 Å². The second-order valence-corrected chi connectivity index (χ2v) is 10.2. The van der Waals surface area contributed by atoms with Gasteiger partial charge < -0.3 is 4.90 Å². The van der Waals surface area contributed by atoms with Crippen molar-refractivity contribution in [1.29, 1.82) is 0 Å². The fourth-order valence-electron chi connectivity index (χ4n) is 3.50. The Morgan fingerprint density at radius 3 is 2.75 bits per heavy atom. The van der Waals surface area contributed by atoms with Crippen LogP contribution in [0, 0.1) is 0 Å². The molecular weight excluding hydrogens is 412 g/mol. The normalized spacial score (nSPS) is 15.4. The minimum atomic E-state index is -3.53. The van der Waals surface area contributed by atoms with Crippen LogP contribution in [0.4, 0.5) is 0 Å². The summed E-state index contributed by atoms with van der Waals surface area (Å²) in [5, 5.41) is 3.22. The molecule has 0 amide bonds. The van der Waals surface area contributed by atoms with Crippen molar-refractivity contribution in [3.8, 4) is 0 Å². The van der Waals surface area contributed by atoms with Gasteiger partial charge in [-0.15, -0.1) is 11.3 Å². The number of sulfonamides is 1. The quantitative estimate of drug-likeness (QED) is 0.639. The number of likely N-dealkylation sites (N-methyl/N-ethyl adjacent to an activating group) is 1. The average molecular weight is 433 g/mol. The van der Waals surface area contributed by atoms with E-state index in [2.05, 4.69) is 16.7 Å². The maximum Gasteiger partial charge on any atom is 0.234 e. The molecule has 0 radical (unpaired) electrons. The van der Waals surface area contributed by atoms with E-state index in [1.54, 1.807) is 17.4 Å². The summed E-state index contributed by atoms with van der Waals surface area (Å²) in [5.74, 6) is 0. The van der Waals surface area contributed by atoms with Crippen LogP contribution in [-0.4, -0.2) is 26.9 Å². The van der Waals surface area contributed by atoms with Crippen LogP contribution in [0.5, 0.6) is 0 Å². The lowest BCUT2D eigenvalue weighted by Crippen LogP contribution is -2.22. The zero-order chi connectivity index (χ0) is 19.7.